The van der Waals surface area contributed by atoms with Crippen LogP contribution in [0.1, 0.15) is 48.0 Å². The number of hydrogen-bond donors (Lipinski definition) is 3. The lowest BCUT2D eigenvalue weighted by Gasteiger charge is -2.28. The van der Waals surface area contributed by atoms with Crippen LogP contribution < -0.4 is 16.0 Å². The molecule has 2 aliphatic rings. The van der Waals surface area contributed by atoms with Gasteiger partial charge in [-0.1, -0.05) is 24.3 Å². The zero-order valence-electron chi connectivity index (χ0n) is 16.2. The van der Waals surface area contributed by atoms with Crippen molar-refractivity contribution in [2.75, 3.05) is 10.6 Å². The molecular weight excluding hydrogens is 350 g/mol. The normalized spacial score (nSPS) is 23.2. The van der Waals surface area contributed by atoms with Gasteiger partial charge >= 0.3 is 0 Å². The van der Waals surface area contributed by atoms with Gasteiger partial charge in [0.05, 0.1) is 0 Å². The average molecular weight is 377 g/mol. The van der Waals surface area contributed by atoms with Crippen LogP contribution in [0.15, 0.2) is 48.5 Å². The van der Waals surface area contributed by atoms with Gasteiger partial charge in [0.1, 0.15) is 0 Å². The van der Waals surface area contributed by atoms with Crippen LogP contribution in [-0.4, -0.2) is 23.9 Å². The average Bonchev–Trinajstić information content (AvgIpc) is 3.02. The maximum Gasteiger partial charge on any atom is 0.255 e. The minimum absolute atomic E-state index is 0.0371. The van der Waals surface area contributed by atoms with E-state index in [0.717, 1.165) is 24.1 Å². The van der Waals surface area contributed by atoms with E-state index in [-0.39, 0.29) is 11.8 Å². The lowest BCUT2D eigenvalue weighted by molar-refractivity contribution is -0.117. The molecule has 28 heavy (non-hydrogen) atoms. The summed E-state index contributed by atoms with van der Waals surface area (Å²) in [6.45, 7) is 1.94. The van der Waals surface area contributed by atoms with Crippen molar-refractivity contribution in [1.82, 2.24) is 5.32 Å². The molecule has 3 N–H and O–H groups in total. The third-order valence-corrected chi connectivity index (χ3v) is 5.85. The number of piperidine rings is 1. The topological polar surface area (TPSA) is 70.2 Å². The number of nitrogens with one attached hydrogen (secondary N) is 3. The molecule has 0 radical (unpaired) electrons. The van der Waals surface area contributed by atoms with Crippen molar-refractivity contribution >= 4 is 23.2 Å². The molecule has 2 aromatic carbocycles. The molecule has 0 saturated carbocycles. The van der Waals surface area contributed by atoms with Crippen molar-refractivity contribution in [2.24, 2.45) is 5.92 Å². The predicted octanol–water partition coefficient (Wildman–Crippen LogP) is 4.11. The van der Waals surface area contributed by atoms with Gasteiger partial charge in [0.25, 0.3) is 5.91 Å². The first kappa shape index (κ1) is 18.7. The first-order valence-corrected chi connectivity index (χ1v) is 10.1. The highest BCUT2D eigenvalue weighted by Crippen LogP contribution is 2.33. The number of rotatable bonds is 5. The molecule has 0 spiro atoms. The smallest absolute Gasteiger partial charge is 0.255 e. The molecule has 2 fully saturated rings. The number of carbonyl (C=O) groups is 2. The molecule has 2 saturated heterocycles. The lowest BCUT2D eigenvalue weighted by atomic mass is 9.89. The molecule has 2 bridgehead atoms. The van der Waals surface area contributed by atoms with Gasteiger partial charge in [-0.15, -0.1) is 0 Å². The van der Waals surface area contributed by atoms with Gasteiger partial charge in [0, 0.05) is 35.4 Å². The largest absolute Gasteiger partial charge is 0.326 e. The van der Waals surface area contributed by atoms with Gasteiger partial charge in [0.2, 0.25) is 5.91 Å². The number of benzene rings is 2. The molecule has 2 aromatic rings. The fourth-order valence-electron chi connectivity index (χ4n) is 4.43. The number of carbonyl (C=O) groups excluding carboxylic acids is 2. The Hall–Kier alpha value is -2.66. The summed E-state index contributed by atoms with van der Waals surface area (Å²) < 4.78 is 0. The van der Waals surface area contributed by atoms with E-state index in [9.17, 15) is 9.59 Å². The van der Waals surface area contributed by atoms with Gasteiger partial charge in [-0.3, -0.25) is 9.59 Å². The molecule has 2 heterocycles. The van der Waals surface area contributed by atoms with E-state index in [4.69, 9.17) is 0 Å². The summed E-state index contributed by atoms with van der Waals surface area (Å²) in [6.07, 6.45) is 5.19. The van der Waals surface area contributed by atoms with Crippen LogP contribution in [0.3, 0.4) is 0 Å². The monoisotopic (exact) mass is 377 g/mol. The van der Waals surface area contributed by atoms with Crippen molar-refractivity contribution < 1.29 is 9.59 Å². The standard InChI is InChI=1S/C23H27N3O2/c1-15-7-8-17(23(28)25-18-5-3-2-4-6-18)14-21(15)26-22(27)13-16-11-19-9-10-20(12-16)24-19/h2-8,14,16,19-20,24H,9-13H2,1H3,(H,25,28)(H,26,27). The molecular formula is C23H27N3O2. The molecule has 2 atom stereocenters. The second-order valence-electron chi connectivity index (χ2n) is 8.08. The third-order valence-electron chi connectivity index (χ3n) is 5.85. The summed E-state index contributed by atoms with van der Waals surface area (Å²) >= 11 is 0. The minimum Gasteiger partial charge on any atom is -0.326 e. The van der Waals surface area contributed by atoms with Crippen molar-refractivity contribution in [3.8, 4) is 0 Å². The molecule has 2 aliphatic heterocycles. The fourth-order valence-corrected chi connectivity index (χ4v) is 4.43. The van der Waals surface area contributed by atoms with Gasteiger partial charge in [0.15, 0.2) is 0 Å². The summed E-state index contributed by atoms with van der Waals surface area (Å²) in [4.78, 5) is 25.1. The number of hydrogen-bond acceptors (Lipinski definition) is 3. The minimum atomic E-state index is -0.184. The number of anilines is 2. The Kier molecular flexibility index (Phi) is 5.44. The predicted molar refractivity (Wildman–Crippen MR) is 111 cm³/mol. The summed E-state index contributed by atoms with van der Waals surface area (Å²) in [6, 6.07) is 16.0. The molecule has 2 amide bonds. The summed E-state index contributed by atoms with van der Waals surface area (Å²) in [5.74, 6) is 0.301. The van der Waals surface area contributed by atoms with E-state index in [0.29, 0.717) is 35.7 Å². The molecule has 4 rings (SSSR count). The fraction of sp³-hybridized carbons (Fsp3) is 0.391. The van der Waals surface area contributed by atoms with E-state index >= 15 is 0 Å². The Bertz CT molecular complexity index is 853. The molecule has 2 unspecified atom stereocenters. The van der Waals surface area contributed by atoms with Crippen LogP contribution in [-0.2, 0) is 4.79 Å². The first-order valence-electron chi connectivity index (χ1n) is 10.1. The second-order valence-corrected chi connectivity index (χ2v) is 8.08. The number of amides is 2. The molecule has 0 aromatic heterocycles. The van der Waals surface area contributed by atoms with Crippen molar-refractivity contribution in [1.29, 1.82) is 0 Å². The summed E-state index contributed by atoms with van der Waals surface area (Å²) in [5, 5.41) is 9.53. The van der Waals surface area contributed by atoms with Crippen molar-refractivity contribution in [3.63, 3.8) is 0 Å². The summed E-state index contributed by atoms with van der Waals surface area (Å²) in [7, 11) is 0. The Labute approximate surface area is 165 Å². The maximum atomic E-state index is 12.6. The zero-order chi connectivity index (χ0) is 19.5. The SMILES string of the molecule is Cc1ccc(C(=O)Nc2ccccc2)cc1NC(=O)CC1CC2CCC(C1)N2. The number of aryl methyl sites for hydroxylation is 1. The van der Waals surface area contributed by atoms with Gasteiger partial charge < -0.3 is 16.0 Å². The van der Waals surface area contributed by atoms with Gasteiger partial charge in [-0.05, 0) is 68.4 Å². The van der Waals surface area contributed by atoms with Crippen LogP contribution in [0.25, 0.3) is 0 Å². The number of fused-ring (bicyclic) bond motifs is 2. The Balaban J connectivity index is 1.39. The van der Waals surface area contributed by atoms with Gasteiger partial charge in [-0.2, -0.15) is 0 Å². The Morgan fingerprint density at radius 1 is 1.00 bits per heavy atom. The van der Waals surface area contributed by atoms with Gasteiger partial charge in [-0.25, -0.2) is 0 Å². The molecule has 0 aliphatic carbocycles. The summed E-state index contributed by atoms with van der Waals surface area (Å²) in [5.41, 5.74) is 2.95. The number of para-hydroxylation sites is 1. The Morgan fingerprint density at radius 3 is 2.43 bits per heavy atom. The highest BCUT2D eigenvalue weighted by molar-refractivity contribution is 6.05. The third kappa shape index (κ3) is 4.42. The van der Waals surface area contributed by atoms with Crippen molar-refractivity contribution in [3.05, 3.63) is 59.7 Å². The van der Waals surface area contributed by atoms with E-state index in [1.807, 2.05) is 43.3 Å². The van der Waals surface area contributed by atoms with Crippen LogP contribution in [0, 0.1) is 12.8 Å². The van der Waals surface area contributed by atoms with E-state index < -0.39 is 0 Å². The van der Waals surface area contributed by atoms with Crippen LogP contribution in [0.2, 0.25) is 0 Å². The quantitative estimate of drug-likeness (QED) is 0.734. The van der Waals surface area contributed by atoms with Crippen LogP contribution in [0.4, 0.5) is 11.4 Å². The second kappa shape index (κ2) is 8.15. The zero-order valence-corrected chi connectivity index (χ0v) is 16.2. The van der Waals surface area contributed by atoms with E-state index in [1.54, 1.807) is 12.1 Å². The molecule has 5 nitrogen and oxygen atoms in total. The highest BCUT2D eigenvalue weighted by Gasteiger charge is 2.34. The maximum absolute atomic E-state index is 12.6. The molecule has 146 valence electrons. The van der Waals surface area contributed by atoms with E-state index in [1.165, 1.54) is 12.8 Å². The first-order chi connectivity index (χ1) is 13.6. The van der Waals surface area contributed by atoms with Crippen LogP contribution >= 0.6 is 0 Å². The Morgan fingerprint density at radius 2 is 1.71 bits per heavy atom. The van der Waals surface area contributed by atoms with Crippen molar-refractivity contribution in [2.45, 2.75) is 51.1 Å². The van der Waals surface area contributed by atoms with Crippen LogP contribution in [0.5, 0.6) is 0 Å². The molecule has 5 heteroatoms. The van der Waals surface area contributed by atoms with E-state index in [2.05, 4.69) is 16.0 Å². The lowest BCUT2D eigenvalue weighted by Crippen LogP contribution is -2.39. The highest BCUT2D eigenvalue weighted by atomic mass is 16.2.